The summed E-state index contributed by atoms with van der Waals surface area (Å²) >= 11 is 0. The van der Waals surface area contributed by atoms with Crippen LogP contribution >= 0.6 is 0 Å². The number of nitrogens with one attached hydrogen (secondary N) is 2. The Bertz CT molecular complexity index is 684. The van der Waals surface area contributed by atoms with Gasteiger partial charge in [0, 0.05) is 42.0 Å². The van der Waals surface area contributed by atoms with Crippen molar-refractivity contribution < 1.29 is 9.13 Å². The number of ether oxygens (including phenoxy) is 1. The Balaban J connectivity index is 1.97. The molecule has 142 valence electrons. The highest BCUT2D eigenvalue weighted by atomic mass is 19.1. The quantitative estimate of drug-likeness (QED) is 0.708. The van der Waals surface area contributed by atoms with Gasteiger partial charge in [-0.2, -0.15) is 0 Å². The lowest BCUT2D eigenvalue weighted by Crippen LogP contribution is -2.31. The minimum Gasteiger partial charge on any atom is -0.474 e. The van der Waals surface area contributed by atoms with Crippen LogP contribution in [0.25, 0.3) is 0 Å². The van der Waals surface area contributed by atoms with Gasteiger partial charge in [0.25, 0.3) is 0 Å². The maximum absolute atomic E-state index is 13.3. The Labute approximate surface area is 155 Å². The van der Waals surface area contributed by atoms with Gasteiger partial charge in [0.05, 0.1) is 6.04 Å². The van der Waals surface area contributed by atoms with Crippen LogP contribution < -0.4 is 15.4 Å². The lowest BCUT2D eigenvalue weighted by atomic mass is 9.99. The summed E-state index contributed by atoms with van der Waals surface area (Å²) in [6, 6.07) is 2.18. The van der Waals surface area contributed by atoms with Crippen LogP contribution in [0.5, 0.6) is 5.88 Å². The predicted octanol–water partition coefficient (Wildman–Crippen LogP) is 3.46. The highest BCUT2D eigenvalue weighted by Crippen LogP contribution is 2.17. The van der Waals surface area contributed by atoms with Gasteiger partial charge in [-0.3, -0.25) is 4.99 Å². The standard InChI is InChI=1S/C20H29FN4O/c1-5-16(21)13-26-20-14(3)9-15(11-25-20)10-23-12-17-18(6-2)24-8-7-19(17)22-4/h7-9,11-12,16,19,22-23H,5-6,10,13H2,1-4H3/b17-12-. The number of hydrogen-bond donors (Lipinski definition) is 2. The van der Waals surface area contributed by atoms with Gasteiger partial charge in [0.15, 0.2) is 0 Å². The van der Waals surface area contributed by atoms with E-state index < -0.39 is 6.17 Å². The molecule has 5 nitrogen and oxygen atoms in total. The summed E-state index contributed by atoms with van der Waals surface area (Å²) in [6.07, 6.45) is 8.04. The van der Waals surface area contributed by atoms with Crippen LogP contribution in [0.15, 0.2) is 41.3 Å². The SMILES string of the molecule is CCC1=NC=CC(NC)/C1=C\NCc1cnc(OCC(F)CC)c(C)c1. The molecule has 0 aliphatic carbocycles. The van der Waals surface area contributed by atoms with E-state index in [1.807, 2.05) is 38.5 Å². The van der Waals surface area contributed by atoms with Crippen molar-refractivity contribution in [2.75, 3.05) is 13.7 Å². The van der Waals surface area contributed by atoms with Gasteiger partial charge in [-0.05, 0) is 44.5 Å². The van der Waals surface area contributed by atoms with Gasteiger partial charge in [-0.15, -0.1) is 0 Å². The molecule has 0 bridgehead atoms. The van der Waals surface area contributed by atoms with E-state index in [-0.39, 0.29) is 12.6 Å². The van der Waals surface area contributed by atoms with Crippen LogP contribution in [0.4, 0.5) is 4.39 Å². The highest BCUT2D eigenvalue weighted by molar-refractivity contribution is 6.02. The molecule has 26 heavy (non-hydrogen) atoms. The normalized spacial score (nSPS) is 19.3. The van der Waals surface area contributed by atoms with Crippen LogP contribution in [0, 0.1) is 6.92 Å². The third-order valence-corrected chi connectivity index (χ3v) is 4.32. The lowest BCUT2D eigenvalue weighted by Gasteiger charge is -2.21. The Morgan fingerprint density at radius 1 is 1.38 bits per heavy atom. The third kappa shape index (κ3) is 5.39. The molecule has 0 amide bonds. The van der Waals surface area contributed by atoms with Crippen molar-refractivity contribution in [1.29, 1.82) is 0 Å². The summed E-state index contributed by atoms with van der Waals surface area (Å²) in [4.78, 5) is 8.76. The van der Waals surface area contributed by atoms with E-state index in [0.29, 0.717) is 18.8 Å². The second kappa shape index (κ2) is 10.1. The number of nitrogens with zero attached hydrogens (tertiary/aromatic N) is 2. The van der Waals surface area contributed by atoms with E-state index in [4.69, 9.17) is 4.74 Å². The average molecular weight is 360 g/mol. The van der Waals surface area contributed by atoms with Crippen LogP contribution in [0.1, 0.15) is 37.8 Å². The molecule has 1 aromatic rings. The van der Waals surface area contributed by atoms with Gasteiger partial charge in [0.1, 0.15) is 12.8 Å². The van der Waals surface area contributed by atoms with Crippen molar-refractivity contribution in [2.45, 2.75) is 52.4 Å². The molecule has 2 heterocycles. The average Bonchev–Trinajstić information content (AvgIpc) is 2.66. The van der Waals surface area contributed by atoms with Crippen molar-refractivity contribution >= 4 is 5.71 Å². The van der Waals surface area contributed by atoms with E-state index >= 15 is 0 Å². The summed E-state index contributed by atoms with van der Waals surface area (Å²) in [7, 11) is 1.94. The Kier molecular flexibility index (Phi) is 7.78. The van der Waals surface area contributed by atoms with Gasteiger partial charge in [0.2, 0.25) is 5.88 Å². The molecular formula is C20H29FN4O. The first-order valence-corrected chi connectivity index (χ1v) is 9.15. The fourth-order valence-electron chi connectivity index (χ4n) is 2.73. The predicted molar refractivity (Wildman–Crippen MR) is 104 cm³/mol. The maximum atomic E-state index is 13.3. The number of halogens is 1. The summed E-state index contributed by atoms with van der Waals surface area (Å²) in [5.74, 6) is 0.497. The highest BCUT2D eigenvalue weighted by Gasteiger charge is 2.16. The number of pyridine rings is 1. The van der Waals surface area contributed by atoms with E-state index in [0.717, 1.165) is 28.8 Å². The van der Waals surface area contributed by atoms with E-state index in [1.165, 1.54) is 0 Å². The van der Waals surface area contributed by atoms with Gasteiger partial charge in [-0.1, -0.05) is 13.8 Å². The summed E-state index contributed by atoms with van der Waals surface area (Å²) in [5.41, 5.74) is 4.18. The van der Waals surface area contributed by atoms with E-state index in [9.17, 15) is 4.39 Å². The van der Waals surface area contributed by atoms with Gasteiger partial charge in [-0.25, -0.2) is 9.37 Å². The molecule has 1 aliphatic heterocycles. The van der Waals surface area contributed by atoms with Gasteiger partial charge >= 0.3 is 0 Å². The minimum absolute atomic E-state index is 0.0477. The van der Waals surface area contributed by atoms with Crippen molar-refractivity contribution in [3.63, 3.8) is 0 Å². The van der Waals surface area contributed by atoms with Crippen molar-refractivity contribution in [2.24, 2.45) is 4.99 Å². The number of aliphatic imine (C=N–C) groups is 1. The molecule has 0 spiro atoms. The second-order valence-electron chi connectivity index (χ2n) is 6.30. The topological polar surface area (TPSA) is 58.5 Å². The number of aromatic nitrogens is 1. The number of hydrogen-bond acceptors (Lipinski definition) is 5. The van der Waals surface area contributed by atoms with Crippen LogP contribution in [0.3, 0.4) is 0 Å². The van der Waals surface area contributed by atoms with Crippen molar-refractivity contribution in [1.82, 2.24) is 15.6 Å². The molecule has 2 rings (SSSR count). The zero-order valence-corrected chi connectivity index (χ0v) is 16.1. The summed E-state index contributed by atoms with van der Waals surface area (Å²) in [6.45, 7) is 6.52. The first-order valence-electron chi connectivity index (χ1n) is 9.15. The molecule has 2 N–H and O–H groups in total. The maximum Gasteiger partial charge on any atom is 0.216 e. The molecule has 1 aromatic heterocycles. The number of alkyl halides is 1. The summed E-state index contributed by atoms with van der Waals surface area (Å²) in [5, 5.41) is 6.62. The zero-order valence-electron chi connectivity index (χ0n) is 16.1. The first kappa shape index (κ1) is 20.1. The van der Waals surface area contributed by atoms with Crippen LogP contribution in [0.2, 0.25) is 0 Å². The zero-order chi connectivity index (χ0) is 18.9. The second-order valence-corrected chi connectivity index (χ2v) is 6.30. The van der Waals surface area contributed by atoms with E-state index in [1.54, 1.807) is 13.1 Å². The van der Waals surface area contributed by atoms with Crippen LogP contribution in [-0.2, 0) is 6.54 Å². The van der Waals surface area contributed by atoms with Crippen molar-refractivity contribution in [3.05, 3.63) is 47.4 Å². The molecule has 1 aliphatic rings. The molecular weight excluding hydrogens is 331 g/mol. The minimum atomic E-state index is -0.955. The molecule has 0 saturated heterocycles. The summed E-state index contributed by atoms with van der Waals surface area (Å²) < 4.78 is 18.8. The Hall–Kier alpha value is -2.21. The monoisotopic (exact) mass is 360 g/mol. The molecule has 0 aromatic carbocycles. The third-order valence-electron chi connectivity index (χ3n) is 4.32. The number of aryl methyl sites for hydroxylation is 1. The fraction of sp³-hybridized carbons (Fsp3) is 0.500. The molecule has 2 unspecified atom stereocenters. The largest absolute Gasteiger partial charge is 0.474 e. The Morgan fingerprint density at radius 3 is 2.85 bits per heavy atom. The molecule has 0 saturated carbocycles. The van der Waals surface area contributed by atoms with E-state index in [2.05, 4.69) is 27.5 Å². The fourth-order valence-corrected chi connectivity index (χ4v) is 2.73. The lowest BCUT2D eigenvalue weighted by molar-refractivity contribution is 0.185. The number of likely N-dealkylation sites (N-methyl/N-ethyl adjacent to an activating group) is 1. The van der Waals surface area contributed by atoms with Crippen molar-refractivity contribution in [3.8, 4) is 5.88 Å². The smallest absolute Gasteiger partial charge is 0.216 e. The number of rotatable bonds is 9. The van der Waals surface area contributed by atoms with Gasteiger partial charge < -0.3 is 15.4 Å². The molecule has 0 radical (unpaired) electrons. The molecule has 0 fully saturated rings. The molecule has 6 heteroatoms. The molecule has 2 atom stereocenters. The first-order chi connectivity index (χ1) is 12.6. The van der Waals surface area contributed by atoms with Crippen LogP contribution in [-0.4, -0.2) is 36.6 Å². The Morgan fingerprint density at radius 2 is 2.19 bits per heavy atom.